The topological polar surface area (TPSA) is 128 Å². The van der Waals surface area contributed by atoms with E-state index in [0.717, 1.165) is 11.1 Å². The number of methoxy groups -OCH3 is 1. The molecule has 2 heterocycles. The van der Waals surface area contributed by atoms with Crippen molar-refractivity contribution in [1.29, 1.82) is 5.26 Å². The highest BCUT2D eigenvalue weighted by Gasteiger charge is 2.23. The largest absolute Gasteiger partial charge is 0.495 e. The van der Waals surface area contributed by atoms with Crippen LogP contribution < -0.4 is 20.3 Å². The second-order valence-electron chi connectivity index (χ2n) is 8.70. The van der Waals surface area contributed by atoms with Gasteiger partial charge in [-0.25, -0.2) is 8.42 Å². The molecule has 0 unspecified atom stereocenters. The van der Waals surface area contributed by atoms with Crippen molar-refractivity contribution in [2.24, 2.45) is 0 Å². The lowest BCUT2D eigenvalue weighted by Crippen LogP contribution is -2.49. The second-order valence-corrected chi connectivity index (χ2v) is 11.1. The smallest absolute Gasteiger partial charge is 0.253 e. The molecule has 12 heteroatoms. The van der Waals surface area contributed by atoms with Gasteiger partial charge in [0, 0.05) is 62.0 Å². The Morgan fingerprint density at radius 3 is 2.57 bits per heavy atom. The molecule has 0 spiro atoms. The predicted molar refractivity (Wildman–Crippen MR) is 143 cm³/mol. The molecule has 0 bridgehead atoms. The van der Waals surface area contributed by atoms with Crippen molar-refractivity contribution in [2.45, 2.75) is 6.54 Å². The third-order valence-corrected chi connectivity index (χ3v) is 7.95. The van der Waals surface area contributed by atoms with Gasteiger partial charge in [0.1, 0.15) is 29.2 Å². The molecule has 0 amide bonds. The van der Waals surface area contributed by atoms with Crippen LogP contribution in [0.1, 0.15) is 11.1 Å². The lowest BCUT2D eigenvalue weighted by Gasteiger charge is -2.33. The van der Waals surface area contributed by atoms with Crippen LogP contribution in [0.15, 0.2) is 41.2 Å². The van der Waals surface area contributed by atoms with Crippen LogP contribution in [0.4, 0.5) is 5.69 Å². The van der Waals surface area contributed by atoms with E-state index in [4.69, 9.17) is 26.3 Å². The number of anilines is 1. The number of fused-ring (bicyclic) bond motifs is 1. The molecule has 1 aliphatic heterocycles. The third-order valence-electron chi connectivity index (χ3n) is 6.27. The number of halogens is 1. The molecule has 196 valence electrons. The minimum atomic E-state index is -3.16. The number of ether oxygens (including phenoxy) is 2. The molecule has 1 aromatic heterocycles. The summed E-state index contributed by atoms with van der Waals surface area (Å²) >= 11 is 6.55. The van der Waals surface area contributed by atoms with Gasteiger partial charge in [-0.2, -0.15) is 9.57 Å². The summed E-state index contributed by atoms with van der Waals surface area (Å²) in [6.45, 7) is 3.49. The minimum Gasteiger partial charge on any atom is -0.495 e. The van der Waals surface area contributed by atoms with Gasteiger partial charge in [-0.15, -0.1) is 0 Å². The maximum absolute atomic E-state index is 12.7. The number of H-pyrrole nitrogens is 1. The van der Waals surface area contributed by atoms with Crippen LogP contribution in [0.2, 0.25) is 5.02 Å². The van der Waals surface area contributed by atoms with Gasteiger partial charge in [-0.3, -0.25) is 9.69 Å². The Kier molecular flexibility index (Phi) is 8.24. The number of hydrogen-bond acceptors (Lipinski definition) is 8. The first-order chi connectivity index (χ1) is 17.7. The van der Waals surface area contributed by atoms with Crippen molar-refractivity contribution < 1.29 is 17.9 Å². The molecule has 1 saturated heterocycles. The third kappa shape index (κ3) is 6.34. The summed E-state index contributed by atoms with van der Waals surface area (Å²) in [4.78, 5) is 17.7. The summed E-state index contributed by atoms with van der Waals surface area (Å²) in [5, 5.41) is 13.4. The number of piperazine rings is 1. The summed E-state index contributed by atoms with van der Waals surface area (Å²) in [5.41, 5.74) is 1.89. The summed E-state index contributed by atoms with van der Waals surface area (Å²) in [7, 11) is -1.66. The normalized spacial score (nSPS) is 14.9. The van der Waals surface area contributed by atoms with E-state index in [-0.39, 0.29) is 12.1 Å². The van der Waals surface area contributed by atoms with Gasteiger partial charge in [0.15, 0.2) is 0 Å². The van der Waals surface area contributed by atoms with E-state index in [0.29, 0.717) is 72.5 Å². The number of pyridine rings is 1. The Morgan fingerprint density at radius 1 is 1.14 bits per heavy atom. The first kappa shape index (κ1) is 26.8. The molecular weight excluding hydrogens is 518 g/mol. The zero-order chi connectivity index (χ0) is 26.6. The van der Waals surface area contributed by atoms with Gasteiger partial charge in [-0.05, 0) is 30.3 Å². The van der Waals surface area contributed by atoms with Crippen molar-refractivity contribution >= 4 is 38.2 Å². The van der Waals surface area contributed by atoms with Crippen molar-refractivity contribution in [3.05, 3.63) is 62.9 Å². The molecule has 0 atom stereocenters. The Morgan fingerprint density at radius 2 is 1.89 bits per heavy atom. The fraction of sp³-hybridized carbons (Fsp3) is 0.360. The highest BCUT2D eigenvalue weighted by molar-refractivity contribution is 7.88. The summed E-state index contributed by atoms with van der Waals surface area (Å²) in [5.74, 6) is 0.922. The maximum atomic E-state index is 12.7. The number of benzene rings is 2. The Bertz CT molecular complexity index is 1490. The summed E-state index contributed by atoms with van der Waals surface area (Å²) < 4.78 is 35.9. The second kappa shape index (κ2) is 11.4. The Labute approximate surface area is 220 Å². The van der Waals surface area contributed by atoms with E-state index in [1.807, 2.05) is 6.07 Å². The molecule has 2 aromatic carbocycles. The van der Waals surface area contributed by atoms with Crippen LogP contribution in [0, 0.1) is 11.3 Å². The molecule has 2 N–H and O–H groups in total. The van der Waals surface area contributed by atoms with Crippen LogP contribution in [0.5, 0.6) is 11.5 Å². The quantitative estimate of drug-likeness (QED) is 0.420. The molecule has 1 fully saturated rings. The van der Waals surface area contributed by atoms with E-state index in [1.54, 1.807) is 30.3 Å². The van der Waals surface area contributed by atoms with Crippen molar-refractivity contribution in [1.82, 2.24) is 14.2 Å². The molecule has 0 radical (unpaired) electrons. The summed E-state index contributed by atoms with van der Waals surface area (Å²) in [6.07, 6.45) is 1.23. The van der Waals surface area contributed by atoms with Gasteiger partial charge in [0.2, 0.25) is 10.0 Å². The molecule has 3 aromatic rings. The number of rotatable bonds is 9. The number of aromatic nitrogens is 1. The first-order valence-electron chi connectivity index (χ1n) is 11.7. The van der Waals surface area contributed by atoms with Crippen LogP contribution in [0.3, 0.4) is 0 Å². The molecule has 0 aliphatic carbocycles. The van der Waals surface area contributed by atoms with E-state index in [9.17, 15) is 13.2 Å². The monoisotopic (exact) mass is 545 g/mol. The average molecular weight is 546 g/mol. The van der Waals surface area contributed by atoms with Crippen LogP contribution >= 0.6 is 11.6 Å². The van der Waals surface area contributed by atoms with Gasteiger partial charge in [-0.1, -0.05) is 11.6 Å². The van der Waals surface area contributed by atoms with Crippen molar-refractivity contribution in [3.8, 4) is 17.6 Å². The Balaban J connectivity index is 1.39. The number of nitriles is 1. The first-order valence-corrected chi connectivity index (χ1v) is 13.9. The molecule has 4 rings (SSSR count). The van der Waals surface area contributed by atoms with E-state index < -0.39 is 10.0 Å². The maximum Gasteiger partial charge on any atom is 0.253 e. The van der Waals surface area contributed by atoms with Crippen molar-refractivity contribution in [2.75, 3.05) is 58.0 Å². The molecule has 37 heavy (non-hydrogen) atoms. The lowest BCUT2D eigenvalue weighted by molar-refractivity contribution is 0.159. The fourth-order valence-corrected chi connectivity index (χ4v) is 5.27. The number of aromatic amines is 1. The highest BCUT2D eigenvalue weighted by atomic mass is 35.5. The molecular formula is C25H28ClN5O5S. The minimum absolute atomic E-state index is 0.267. The lowest BCUT2D eigenvalue weighted by atomic mass is 10.1. The number of nitrogens with zero attached hydrogens (tertiary/aromatic N) is 3. The predicted octanol–water partition coefficient (Wildman–Crippen LogP) is 2.63. The molecule has 1 aliphatic rings. The zero-order valence-electron chi connectivity index (χ0n) is 20.6. The number of sulfonamides is 1. The SMILES string of the molecule is COc1cc(NCc2cc3ccc(OCCN4CCN(S(C)(=O)=O)CC4)c(Cl)c3[nH]c2=O)ccc1C#N. The van der Waals surface area contributed by atoms with Crippen LogP contribution in [0.25, 0.3) is 10.9 Å². The number of nitrogens with one attached hydrogen (secondary N) is 2. The fourth-order valence-electron chi connectivity index (χ4n) is 4.17. The van der Waals surface area contributed by atoms with Gasteiger partial charge in [0.25, 0.3) is 5.56 Å². The molecule has 10 nitrogen and oxygen atoms in total. The van der Waals surface area contributed by atoms with Gasteiger partial charge in [0.05, 0.1) is 24.4 Å². The highest BCUT2D eigenvalue weighted by Crippen LogP contribution is 2.31. The molecule has 0 saturated carbocycles. The van der Waals surface area contributed by atoms with E-state index in [1.165, 1.54) is 17.7 Å². The summed E-state index contributed by atoms with van der Waals surface area (Å²) in [6, 6.07) is 12.6. The number of hydrogen-bond donors (Lipinski definition) is 2. The van der Waals surface area contributed by atoms with Crippen LogP contribution in [-0.2, 0) is 16.6 Å². The van der Waals surface area contributed by atoms with E-state index >= 15 is 0 Å². The van der Waals surface area contributed by atoms with E-state index in [2.05, 4.69) is 21.3 Å². The average Bonchev–Trinajstić information content (AvgIpc) is 2.89. The standard InChI is InChI=1S/C25H28ClN5O5S/c1-35-22-14-20(5-3-18(22)15-27)28-16-19-13-17-4-6-21(23(26)24(17)29-25(19)32)36-12-11-30-7-9-31(10-8-30)37(2,33)34/h3-6,13-14,28H,7-12,16H2,1-2H3,(H,29,32). The Hall–Kier alpha value is -3.30. The zero-order valence-corrected chi connectivity index (χ0v) is 22.2. The van der Waals surface area contributed by atoms with Crippen LogP contribution in [-0.4, -0.2) is 75.3 Å². The van der Waals surface area contributed by atoms with Gasteiger partial charge < -0.3 is 19.8 Å². The van der Waals surface area contributed by atoms with Crippen molar-refractivity contribution in [3.63, 3.8) is 0 Å². The van der Waals surface area contributed by atoms with Gasteiger partial charge >= 0.3 is 0 Å².